The van der Waals surface area contributed by atoms with E-state index in [1.807, 2.05) is 42.5 Å². The van der Waals surface area contributed by atoms with Gasteiger partial charge in [0.05, 0.1) is 6.20 Å². The maximum Gasteiger partial charge on any atom is 0.299 e. The van der Waals surface area contributed by atoms with Crippen molar-refractivity contribution in [3.8, 4) is 0 Å². The van der Waals surface area contributed by atoms with Gasteiger partial charge in [-0.15, -0.1) is 0 Å². The summed E-state index contributed by atoms with van der Waals surface area (Å²) >= 11 is 0. The number of aromatic nitrogens is 1. The fraction of sp³-hybridized carbons (Fsp3) is 0.333. The van der Waals surface area contributed by atoms with Gasteiger partial charge in [0.2, 0.25) is 5.76 Å². The number of carbonyl (C=O) groups excluding carboxylic acids is 1. The Hall–Kier alpha value is -3.08. The summed E-state index contributed by atoms with van der Waals surface area (Å²) in [6, 6.07) is 18.1. The van der Waals surface area contributed by atoms with Crippen molar-refractivity contribution >= 4 is 23.3 Å². The van der Waals surface area contributed by atoms with Crippen LogP contribution in [0, 0.1) is 5.92 Å². The standard InChI is InChI=1S/C24H27N3O2/c1-2-17-8-10-18(11-9-17)19-12-14-21(15-13-19)26-23(28)22-16-25-24(29-22)27-20-6-4-3-5-7-20/h3-7,12-18H,2,8-11H2,1H3,(H,25,27)(H,26,28). The number of nitrogens with one attached hydrogen (secondary N) is 2. The van der Waals surface area contributed by atoms with Gasteiger partial charge >= 0.3 is 0 Å². The zero-order chi connectivity index (χ0) is 20.1. The maximum atomic E-state index is 12.5. The second-order valence-corrected chi connectivity index (χ2v) is 7.72. The van der Waals surface area contributed by atoms with Crippen molar-refractivity contribution < 1.29 is 9.21 Å². The summed E-state index contributed by atoms with van der Waals surface area (Å²) in [6.45, 7) is 2.29. The third-order valence-electron chi connectivity index (χ3n) is 5.82. The number of rotatable bonds is 6. The third-order valence-corrected chi connectivity index (χ3v) is 5.82. The van der Waals surface area contributed by atoms with E-state index < -0.39 is 0 Å². The Morgan fingerprint density at radius 2 is 1.72 bits per heavy atom. The summed E-state index contributed by atoms with van der Waals surface area (Å²) in [5.74, 6) is 1.40. The smallest absolute Gasteiger partial charge is 0.299 e. The first-order chi connectivity index (χ1) is 14.2. The van der Waals surface area contributed by atoms with E-state index in [9.17, 15) is 4.79 Å². The van der Waals surface area contributed by atoms with E-state index in [0.29, 0.717) is 11.9 Å². The molecular weight excluding hydrogens is 362 g/mol. The van der Waals surface area contributed by atoms with Crippen molar-refractivity contribution in [1.29, 1.82) is 0 Å². The van der Waals surface area contributed by atoms with Crippen LogP contribution in [0.15, 0.2) is 65.2 Å². The van der Waals surface area contributed by atoms with Gasteiger partial charge in [-0.1, -0.05) is 43.7 Å². The summed E-state index contributed by atoms with van der Waals surface area (Å²) in [6.07, 6.45) is 7.90. The lowest BCUT2D eigenvalue weighted by atomic mass is 9.78. The van der Waals surface area contributed by atoms with Gasteiger partial charge in [-0.25, -0.2) is 4.98 Å². The number of amides is 1. The van der Waals surface area contributed by atoms with Crippen LogP contribution in [0.1, 0.15) is 61.1 Å². The highest BCUT2D eigenvalue weighted by Crippen LogP contribution is 2.37. The van der Waals surface area contributed by atoms with E-state index in [1.54, 1.807) is 0 Å². The average Bonchev–Trinajstić information content (AvgIpc) is 3.24. The Labute approximate surface area is 171 Å². The number of anilines is 3. The molecule has 0 aliphatic heterocycles. The fourth-order valence-corrected chi connectivity index (χ4v) is 4.02. The highest BCUT2D eigenvalue weighted by atomic mass is 16.4. The molecule has 0 saturated heterocycles. The number of hydrogen-bond donors (Lipinski definition) is 2. The van der Waals surface area contributed by atoms with Crippen molar-refractivity contribution in [2.75, 3.05) is 10.6 Å². The molecule has 0 bridgehead atoms. The van der Waals surface area contributed by atoms with E-state index in [2.05, 4.69) is 34.7 Å². The largest absolute Gasteiger partial charge is 0.418 e. The van der Waals surface area contributed by atoms with Gasteiger partial charge in [0.25, 0.3) is 11.9 Å². The minimum absolute atomic E-state index is 0.172. The van der Waals surface area contributed by atoms with Crippen LogP contribution in [0.2, 0.25) is 0 Å². The van der Waals surface area contributed by atoms with Gasteiger partial charge in [-0.2, -0.15) is 0 Å². The topological polar surface area (TPSA) is 67.2 Å². The van der Waals surface area contributed by atoms with Crippen LogP contribution < -0.4 is 10.6 Å². The van der Waals surface area contributed by atoms with E-state index >= 15 is 0 Å². The summed E-state index contributed by atoms with van der Waals surface area (Å²) in [5, 5.41) is 5.92. The quantitative estimate of drug-likeness (QED) is 0.515. The fourth-order valence-electron chi connectivity index (χ4n) is 4.02. The molecule has 0 spiro atoms. The predicted molar refractivity (Wildman–Crippen MR) is 116 cm³/mol. The van der Waals surface area contributed by atoms with Gasteiger partial charge in [0.1, 0.15) is 0 Å². The predicted octanol–water partition coefficient (Wildman–Crippen LogP) is 6.35. The summed E-state index contributed by atoms with van der Waals surface area (Å²) in [7, 11) is 0. The minimum Gasteiger partial charge on any atom is -0.418 e. The molecule has 3 aromatic rings. The highest BCUT2D eigenvalue weighted by molar-refractivity contribution is 6.02. The zero-order valence-corrected chi connectivity index (χ0v) is 16.7. The monoisotopic (exact) mass is 389 g/mol. The van der Waals surface area contributed by atoms with Gasteiger partial charge in [-0.05, 0) is 67.3 Å². The number of para-hydroxylation sites is 1. The molecule has 29 heavy (non-hydrogen) atoms. The molecule has 2 aromatic carbocycles. The van der Waals surface area contributed by atoms with Crippen LogP contribution in [-0.2, 0) is 0 Å². The molecule has 1 heterocycles. The third kappa shape index (κ3) is 4.86. The zero-order valence-electron chi connectivity index (χ0n) is 16.7. The van der Waals surface area contributed by atoms with Crippen LogP contribution in [0.25, 0.3) is 0 Å². The van der Waals surface area contributed by atoms with E-state index in [1.165, 1.54) is 43.9 Å². The van der Waals surface area contributed by atoms with E-state index in [0.717, 1.165) is 17.3 Å². The first-order valence-electron chi connectivity index (χ1n) is 10.4. The molecule has 1 amide bonds. The first kappa shape index (κ1) is 19.2. The molecule has 4 rings (SSSR count). The van der Waals surface area contributed by atoms with E-state index in [-0.39, 0.29) is 11.7 Å². The molecule has 5 nitrogen and oxygen atoms in total. The normalized spacial score (nSPS) is 18.9. The first-order valence-corrected chi connectivity index (χ1v) is 10.4. The molecule has 5 heteroatoms. The molecular formula is C24H27N3O2. The molecule has 0 unspecified atom stereocenters. The average molecular weight is 389 g/mol. The Bertz CT molecular complexity index is 926. The van der Waals surface area contributed by atoms with Crippen molar-refractivity contribution in [3.63, 3.8) is 0 Å². The molecule has 1 saturated carbocycles. The van der Waals surface area contributed by atoms with Crippen molar-refractivity contribution in [1.82, 2.24) is 4.98 Å². The number of oxazole rings is 1. The molecule has 150 valence electrons. The number of carbonyl (C=O) groups is 1. The molecule has 1 aliphatic rings. The second kappa shape index (κ2) is 8.95. The number of hydrogen-bond acceptors (Lipinski definition) is 4. The highest BCUT2D eigenvalue weighted by Gasteiger charge is 2.21. The Morgan fingerprint density at radius 1 is 1.00 bits per heavy atom. The molecule has 0 radical (unpaired) electrons. The van der Waals surface area contributed by atoms with Crippen LogP contribution in [0.5, 0.6) is 0 Å². The van der Waals surface area contributed by atoms with Crippen LogP contribution in [-0.4, -0.2) is 10.9 Å². The van der Waals surface area contributed by atoms with Crippen molar-refractivity contribution in [2.24, 2.45) is 5.92 Å². The molecule has 1 aliphatic carbocycles. The van der Waals surface area contributed by atoms with Gasteiger partial charge in [0, 0.05) is 11.4 Å². The molecule has 0 atom stereocenters. The molecule has 2 N–H and O–H groups in total. The van der Waals surface area contributed by atoms with E-state index in [4.69, 9.17) is 4.42 Å². The SMILES string of the molecule is CCC1CCC(c2ccc(NC(=O)c3cnc(Nc4ccccc4)o3)cc2)CC1. The van der Waals surface area contributed by atoms with Gasteiger partial charge in [0.15, 0.2) is 0 Å². The summed E-state index contributed by atoms with van der Waals surface area (Å²) in [5.41, 5.74) is 2.98. The van der Waals surface area contributed by atoms with Gasteiger partial charge in [-0.3, -0.25) is 4.79 Å². The Morgan fingerprint density at radius 3 is 2.41 bits per heavy atom. The maximum absolute atomic E-state index is 12.5. The summed E-state index contributed by atoms with van der Waals surface area (Å²) in [4.78, 5) is 16.6. The van der Waals surface area contributed by atoms with Crippen LogP contribution in [0.3, 0.4) is 0 Å². The Balaban J connectivity index is 1.34. The minimum atomic E-state index is -0.310. The molecule has 1 aromatic heterocycles. The van der Waals surface area contributed by atoms with Gasteiger partial charge < -0.3 is 15.1 Å². The summed E-state index contributed by atoms with van der Waals surface area (Å²) < 4.78 is 5.53. The second-order valence-electron chi connectivity index (χ2n) is 7.72. The Kier molecular flexibility index (Phi) is 5.94. The number of nitrogens with zero attached hydrogens (tertiary/aromatic N) is 1. The molecule has 1 fully saturated rings. The van der Waals surface area contributed by atoms with Crippen LogP contribution in [0.4, 0.5) is 17.4 Å². The number of benzene rings is 2. The van der Waals surface area contributed by atoms with Crippen molar-refractivity contribution in [2.45, 2.75) is 44.9 Å². The lowest BCUT2D eigenvalue weighted by Crippen LogP contribution is -2.13. The lowest BCUT2D eigenvalue weighted by molar-refractivity contribution is 0.0997. The van der Waals surface area contributed by atoms with Crippen LogP contribution >= 0.6 is 0 Å². The van der Waals surface area contributed by atoms with Crippen molar-refractivity contribution in [3.05, 3.63) is 72.1 Å². The lowest BCUT2D eigenvalue weighted by Gasteiger charge is -2.28.